The molecule has 0 radical (unpaired) electrons. The van der Waals surface area contributed by atoms with Crippen molar-refractivity contribution in [3.05, 3.63) is 0 Å². The quantitative estimate of drug-likeness (QED) is 0.780. The normalized spacial score (nSPS) is 26.9. The van der Waals surface area contributed by atoms with E-state index in [1.807, 2.05) is 0 Å². The first-order valence-electron chi connectivity index (χ1n) is 5.31. The van der Waals surface area contributed by atoms with Gasteiger partial charge < -0.3 is 9.84 Å². The van der Waals surface area contributed by atoms with Gasteiger partial charge in [-0.1, -0.05) is 0 Å². The summed E-state index contributed by atoms with van der Waals surface area (Å²) in [6.07, 6.45) is -0.329. The molecule has 0 saturated carbocycles. The van der Waals surface area contributed by atoms with Gasteiger partial charge in [0, 0.05) is 19.1 Å². The van der Waals surface area contributed by atoms with Crippen molar-refractivity contribution in [1.82, 2.24) is 4.90 Å². The summed E-state index contributed by atoms with van der Waals surface area (Å²) in [5.41, 5.74) is 0. The van der Waals surface area contributed by atoms with Gasteiger partial charge in [0.1, 0.15) is 6.04 Å². The third-order valence-corrected chi connectivity index (χ3v) is 2.79. The Labute approximate surface area is 93.2 Å². The van der Waals surface area contributed by atoms with Crippen molar-refractivity contribution in [2.24, 2.45) is 0 Å². The van der Waals surface area contributed by atoms with Crippen molar-refractivity contribution in [1.29, 1.82) is 0 Å². The van der Waals surface area contributed by atoms with Crippen molar-refractivity contribution in [3.63, 3.8) is 0 Å². The number of carboxylic acid groups (broad SMARTS) is 1. The molecule has 0 aromatic carbocycles. The zero-order valence-electron chi connectivity index (χ0n) is 9.45. The molecule has 1 fully saturated rings. The number of ether oxygens (including phenoxy) is 1. The standard InChI is InChI=1S/C10H17F2NO3/c1-3-16-5-8-4-10(11,12)6-13(8)7(2)9(14)15/h7-8H,3-6H2,1-2H3,(H,14,15)/t7-,8-/m0/s1. The van der Waals surface area contributed by atoms with Gasteiger partial charge >= 0.3 is 5.97 Å². The van der Waals surface area contributed by atoms with Crippen LogP contribution in [0.1, 0.15) is 20.3 Å². The third kappa shape index (κ3) is 3.12. The number of alkyl halides is 2. The molecular formula is C10H17F2NO3. The number of carboxylic acids is 1. The lowest BCUT2D eigenvalue weighted by atomic mass is 10.2. The fourth-order valence-corrected chi connectivity index (χ4v) is 1.93. The van der Waals surface area contributed by atoms with E-state index in [1.165, 1.54) is 11.8 Å². The smallest absolute Gasteiger partial charge is 0.320 e. The minimum absolute atomic E-state index is 0.156. The van der Waals surface area contributed by atoms with Crippen LogP contribution in [0.25, 0.3) is 0 Å². The van der Waals surface area contributed by atoms with Crippen LogP contribution in [0.5, 0.6) is 0 Å². The van der Waals surface area contributed by atoms with Gasteiger partial charge in [-0.2, -0.15) is 0 Å². The number of carbonyl (C=O) groups is 1. The maximum absolute atomic E-state index is 13.2. The fourth-order valence-electron chi connectivity index (χ4n) is 1.93. The average molecular weight is 237 g/mol. The van der Waals surface area contributed by atoms with Crippen LogP contribution in [0.15, 0.2) is 0 Å². The molecule has 1 N–H and O–H groups in total. The first kappa shape index (κ1) is 13.3. The highest BCUT2D eigenvalue weighted by molar-refractivity contribution is 5.73. The molecule has 6 heteroatoms. The van der Waals surface area contributed by atoms with E-state index in [4.69, 9.17) is 9.84 Å². The molecule has 0 unspecified atom stereocenters. The highest BCUT2D eigenvalue weighted by Gasteiger charge is 2.47. The number of rotatable bonds is 5. The van der Waals surface area contributed by atoms with Crippen LogP contribution in [0.3, 0.4) is 0 Å². The molecule has 0 spiro atoms. The average Bonchev–Trinajstić information content (AvgIpc) is 2.49. The van der Waals surface area contributed by atoms with E-state index in [0.717, 1.165) is 0 Å². The second-order valence-corrected chi connectivity index (χ2v) is 4.06. The lowest BCUT2D eigenvalue weighted by Gasteiger charge is -2.26. The van der Waals surface area contributed by atoms with Crippen molar-refractivity contribution in [2.75, 3.05) is 19.8 Å². The lowest BCUT2D eigenvalue weighted by Crippen LogP contribution is -2.44. The van der Waals surface area contributed by atoms with Gasteiger partial charge in [-0.3, -0.25) is 9.69 Å². The molecule has 0 aromatic heterocycles. The van der Waals surface area contributed by atoms with Crippen molar-refractivity contribution >= 4 is 5.97 Å². The predicted octanol–water partition coefficient (Wildman–Crippen LogP) is 1.21. The first-order valence-corrected chi connectivity index (χ1v) is 5.31. The third-order valence-electron chi connectivity index (χ3n) is 2.79. The number of likely N-dealkylation sites (tertiary alicyclic amines) is 1. The van der Waals surface area contributed by atoms with E-state index in [0.29, 0.717) is 6.61 Å². The summed E-state index contributed by atoms with van der Waals surface area (Å²) in [6.45, 7) is 3.29. The van der Waals surface area contributed by atoms with Crippen LogP contribution in [0.2, 0.25) is 0 Å². The van der Waals surface area contributed by atoms with Gasteiger partial charge in [-0.05, 0) is 13.8 Å². The Morgan fingerprint density at radius 3 is 2.81 bits per heavy atom. The summed E-state index contributed by atoms with van der Waals surface area (Å²) < 4.78 is 31.5. The predicted molar refractivity (Wildman–Crippen MR) is 53.6 cm³/mol. The summed E-state index contributed by atoms with van der Waals surface area (Å²) >= 11 is 0. The largest absolute Gasteiger partial charge is 0.480 e. The highest BCUT2D eigenvalue weighted by atomic mass is 19.3. The summed E-state index contributed by atoms with van der Waals surface area (Å²) in [7, 11) is 0. The first-order chi connectivity index (χ1) is 7.37. The molecule has 0 aliphatic carbocycles. The van der Waals surface area contributed by atoms with Gasteiger partial charge in [0.05, 0.1) is 13.2 Å². The zero-order chi connectivity index (χ0) is 12.3. The van der Waals surface area contributed by atoms with Gasteiger partial charge in [-0.15, -0.1) is 0 Å². The number of hydrogen-bond donors (Lipinski definition) is 1. The zero-order valence-corrected chi connectivity index (χ0v) is 9.45. The van der Waals surface area contributed by atoms with Crippen LogP contribution in [-0.4, -0.2) is 53.7 Å². The van der Waals surface area contributed by atoms with Gasteiger partial charge in [-0.25, -0.2) is 8.78 Å². The number of halogens is 2. The van der Waals surface area contributed by atoms with Crippen LogP contribution >= 0.6 is 0 Å². The molecule has 0 amide bonds. The molecule has 1 saturated heterocycles. The Balaban J connectivity index is 2.67. The van der Waals surface area contributed by atoms with Gasteiger partial charge in [0.25, 0.3) is 5.92 Å². The second-order valence-electron chi connectivity index (χ2n) is 4.06. The molecule has 1 rings (SSSR count). The Morgan fingerprint density at radius 2 is 2.31 bits per heavy atom. The molecule has 0 bridgehead atoms. The molecule has 1 aliphatic rings. The molecule has 16 heavy (non-hydrogen) atoms. The van der Waals surface area contributed by atoms with E-state index < -0.39 is 30.5 Å². The minimum Gasteiger partial charge on any atom is -0.480 e. The van der Waals surface area contributed by atoms with E-state index in [1.54, 1.807) is 6.92 Å². The number of aliphatic carboxylic acids is 1. The topological polar surface area (TPSA) is 49.8 Å². The maximum Gasteiger partial charge on any atom is 0.320 e. The molecule has 2 atom stereocenters. The van der Waals surface area contributed by atoms with Gasteiger partial charge in [0.2, 0.25) is 0 Å². The SMILES string of the molecule is CCOC[C@@H]1CC(F)(F)CN1[C@@H](C)C(=O)O. The highest BCUT2D eigenvalue weighted by Crippen LogP contribution is 2.33. The monoisotopic (exact) mass is 237 g/mol. The molecule has 0 aromatic rings. The maximum atomic E-state index is 13.2. The summed E-state index contributed by atoms with van der Waals surface area (Å²) in [5, 5.41) is 8.83. The van der Waals surface area contributed by atoms with Crippen LogP contribution < -0.4 is 0 Å². The number of nitrogens with zero attached hydrogens (tertiary/aromatic N) is 1. The van der Waals surface area contributed by atoms with E-state index in [9.17, 15) is 13.6 Å². The van der Waals surface area contributed by atoms with E-state index in [2.05, 4.69) is 0 Å². The summed E-state index contributed by atoms with van der Waals surface area (Å²) in [5.74, 6) is -3.90. The Kier molecular flexibility index (Phi) is 4.21. The molecule has 94 valence electrons. The van der Waals surface area contributed by atoms with E-state index >= 15 is 0 Å². The Hall–Kier alpha value is -0.750. The van der Waals surface area contributed by atoms with Gasteiger partial charge in [0.15, 0.2) is 0 Å². The number of hydrogen-bond acceptors (Lipinski definition) is 3. The minimum atomic E-state index is -2.81. The van der Waals surface area contributed by atoms with Crippen LogP contribution in [0.4, 0.5) is 8.78 Å². The fraction of sp³-hybridized carbons (Fsp3) is 0.900. The van der Waals surface area contributed by atoms with Crippen LogP contribution in [-0.2, 0) is 9.53 Å². The summed E-state index contributed by atoms with van der Waals surface area (Å²) in [4.78, 5) is 12.1. The molecular weight excluding hydrogens is 220 g/mol. The summed E-state index contributed by atoms with van der Waals surface area (Å²) in [6, 6.07) is -1.42. The molecule has 4 nitrogen and oxygen atoms in total. The van der Waals surface area contributed by atoms with Crippen molar-refractivity contribution in [3.8, 4) is 0 Å². The lowest BCUT2D eigenvalue weighted by molar-refractivity contribution is -0.143. The van der Waals surface area contributed by atoms with Crippen LogP contribution in [0, 0.1) is 0 Å². The van der Waals surface area contributed by atoms with E-state index in [-0.39, 0.29) is 13.0 Å². The Bertz CT molecular complexity index is 260. The molecule has 1 aliphatic heterocycles. The Morgan fingerprint density at radius 1 is 1.69 bits per heavy atom. The molecule has 1 heterocycles. The van der Waals surface area contributed by atoms with Crippen molar-refractivity contribution in [2.45, 2.75) is 38.3 Å². The van der Waals surface area contributed by atoms with Crippen molar-refractivity contribution < 1.29 is 23.4 Å². The second kappa shape index (κ2) is 5.05.